The van der Waals surface area contributed by atoms with Gasteiger partial charge in [-0.1, -0.05) is 34.1 Å². The molecule has 29 heavy (non-hydrogen) atoms. The first kappa shape index (κ1) is 19.3. The number of pyridine rings is 1. The van der Waals surface area contributed by atoms with Crippen LogP contribution in [0.25, 0.3) is 0 Å². The predicted molar refractivity (Wildman–Crippen MR) is 116 cm³/mol. The highest BCUT2D eigenvalue weighted by atomic mass is 79.9. The summed E-state index contributed by atoms with van der Waals surface area (Å²) >= 11 is 3.38. The molecule has 146 valence electrons. The summed E-state index contributed by atoms with van der Waals surface area (Å²) in [5.74, 6) is -0.239. The first-order chi connectivity index (χ1) is 14.1. The SMILES string of the molecule is O=C(c1ccc(Br)cc1)c1ccccc1C(=O)N1CCN(c2ccncc2)CC1. The average molecular weight is 450 g/mol. The monoisotopic (exact) mass is 449 g/mol. The fourth-order valence-corrected chi connectivity index (χ4v) is 3.78. The van der Waals surface area contributed by atoms with Crippen molar-refractivity contribution in [1.29, 1.82) is 0 Å². The van der Waals surface area contributed by atoms with Crippen molar-refractivity contribution in [3.8, 4) is 0 Å². The summed E-state index contributed by atoms with van der Waals surface area (Å²) in [6.45, 7) is 2.72. The Morgan fingerprint density at radius 3 is 2.07 bits per heavy atom. The first-order valence-corrected chi connectivity index (χ1v) is 10.3. The Hall–Kier alpha value is -2.99. The number of halogens is 1. The van der Waals surface area contributed by atoms with Crippen molar-refractivity contribution in [1.82, 2.24) is 9.88 Å². The molecule has 1 aromatic heterocycles. The molecule has 1 aliphatic rings. The number of benzene rings is 2. The molecule has 2 aromatic carbocycles. The fraction of sp³-hybridized carbons (Fsp3) is 0.174. The van der Waals surface area contributed by atoms with Crippen molar-refractivity contribution in [2.45, 2.75) is 0 Å². The number of ketones is 1. The number of amides is 1. The van der Waals surface area contributed by atoms with E-state index in [9.17, 15) is 9.59 Å². The van der Waals surface area contributed by atoms with Gasteiger partial charge in [0.05, 0.1) is 5.56 Å². The number of carbonyl (C=O) groups is 2. The van der Waals surface area contributed by atoms with Crippen LogP contribution in [-0.4, -0.2) is 47.8 Å². The van der Waals surface area contributed by atoms with E-state index in [1.807, 2.05) is 29.2 Å². The van der Waals surface area contributed by atoms with E-state index in [-0.39, 0.29) is 11.7 Å². The lowest BCUT2D eigenvalue weighted by atomic mass is 9.97. The number of hydrogen-bond acceptors (Lipinski definition) is 4. The van der Waals surface area contributed by atoms with Gasteiger partial charge in [-0.05, 0) is 42.5 Å². The quantitative estimate of drug-likeness (QED) is 0.564. The van der Waals surface area contributed by atoms with Crippen LogP contribution in [0.4, 0.5) is 5.69 Å². The molecule has 0 unspecified atom stereocenters. The molecule has 2 heterocycles. The zero-order chi connectivity index (χ0) is 20.2. The van der Waals surface area contributed by atoms with E-state index in [2.05, 4.69) is 25.8 Å². The molecule has 1 aliphatic heterocycles. The maximum Gasteiger partial charge on any atom is 0.254 e. The molecule has 1 amide bonds. The third-order valence-electron chi connectivity index (χ3n) is 5.10. The van der Waals surface area contributed by atoms with Gasteiger partial charge < -0.3 is 9.80 Å². The lowest BCUT2D eigenvalue weighted by Gasteiger charge is -2.36. The Labute approximate surface area is 178 Å². The minimum Gasteiger partial charge on any atom is -0.368 e. The van der Waals surface area contributed by atoms with E-state index < -0.39 is 0 Å². The molecule has 0 aliphatic carbocycles. The van der Waals surface area contributed by atoms with Crippen LogP contribution in [0.1, 0.15) is 26.3 Å². The van der Waals surface area contributed by atoms with E-state index in [0.717, 1.165) is 23.2 Å². The van der Waals surface area contributed by atoms with Crippen LogP contribution in [0.5, 0.6) is 0 Å². The van der Waals surface area contributed by atoms with Crippen molar-refractivity contribution in [2.75, 3.05) is 31.1 Å². The van der Waals surface area contributed by atoms with Gasteiger partial charge in [-0.2, -0.15) is 0 Å². The highest BCUT2D eigenvalue weighted by Crippen LogP contribution is 2.20. The molecule has 0 saturated carbocycles. The van der Waals surface area contributed by atoms with Gasteiger partial charge in [-0.3, -0.25) is 14.6 Å². The Kier molecular flexibility index (Phi) is 5.71. The molecule has 1 fully saturated rings. The molecule has 0 spiro atoms. The van der Waals surface area contributed by atoms with Gasteiger partial charge in [0.25, 0.3) is 5.91 Å². The number of aromatic nitrogens is 1. The summed E-state index contributed by atoms with van der Waals surface area (Å²) in [5, 5.41) is 0. The number of piperazine rings is 1. The molecule has 0 bridgehead atoms. The second-order valence-corrected chi connectivity index (χ2v) is 7.78. The third kappa shape index (κ3) is 4.22. The van der Waals surface area contributed by atoms with Crippen molar-refractivity contribution in [3.05, 3.63) is 94.2 Å². The Bertz CT molecular complexity index is 1010. The Morgan fingerprint density at radius 1 is 0.793 bits per heavy atom. The summed E-state index contributed by atoms with van der Waals surface area (Å²) in [6, 6.07) is 18.2. The van der Waals surface area contributed by atoms with Gasteiger partial charge in [0.1, 0.15) is 0 Å². The van der Waals surface area contributed by atoms with Gasteiger partial charge in [0, 0.05) is 59.9 Å². The van der Waals surface area contributed by atoms with Crippen molar-refractivity contribution in [2.24, 2.45) is 0 Å². The normalized spacial score (nSPS) is 14.0. The maximum absolute atomic E-state index is 13.2. The number of anilines is 1. The molecule has 6 heteroatoms. The molecular weight excluding hydrogens is 430 g/mol. The van der Waals surface area contributed by atoms with E-state index in [0.29, 0.717) is 29.8 Å². The molecule has 0 atom stereocenters. The van der Waals surface area contributed by atoms with Crippen LogP contribution in [0.15, 0.2) is 77.5 Å². The fourth-order valence-electron chi connectivity index (χ4n) is 3.52. The second kappa shape index (κ2) is 8.57. The molecule has 1 saturated heterocycles. The van der Waals surface area contributed by atoms with Crippen molar-refractivity contribution in [3.63, 3.8) is 0 Å². The summed E-state index contributed by atoms with van der Waals surface area (Å²) < 4.78 is 0.908. The highest BCUT2D eigenvalue weighted by molar-refractivity contribution is 9.10. The molecule has 5 nitrogen and oxygen atoms in total. The van der Waals surface area contributed by atoms with E-state index >= 15 is 0 Å². The number of carbonyl (C=O) groups excluding carboxylic acids is 2. The molecule has 3 aromatic rings. The highest BCUT2D eigenvalue weighted by Gasteiger charge is 2.25. The van der Waals surface area contributed by atoms with E-state index in [4.69, 9.17) is 0 Å². The molecular formula is C23H20BrN3O2. The van der Waals surface area contributed by atoms with Crippen LogP contribution in [0.3, 0.4) is 0 Å². The predicted octanol–water partition coefficient (Wildman–Crippen LogP) is 4.04. The van der Waals surface area contributed by atoms with Gasteiger partial charge in [-0.25, -0.2) is 0 Å². The van der Waals surface area contributed by atoms with Crippen LogP contribution in [-0.2, 0) is 0 Å². The summed E-state index contributed by atoms with van der Waals surface area (Å²) in [7, 11) is 0. The van der Waals surface area contributed by atoms with Gasteiger partial charge in [0.2, 0.25) is 0 Å². The first-order valence-electron chi connectivity index (χ1n) is 9.47. The zero-order valence-corrected chi connectivity index (χ0v) is 17.4. The van der Waals surface area contributed by atoms with Crippen LogP contribution in [0, 0.1) is 0 Å². The average Bonchev–Trinajstić information content (AvgIpc) is 2.79. The number of rotatable bonds is 4. The minimum absolute atomic E-state index is 0.0968. The number of nitrogens with zero attached hydrogens (tertiary/aromatic N) is 3. The van der Waals surface area contributed by atoms with Crippen molar-refractivity contribution >= 4 is 33.3 Å². The lowest BCUT2D eigenvalue weighted by molar-refractivity contribution is 0.0742. The molecule has 4 rings (SSSR count). The van der Waals surface area contributed by atoms with E-state index in [1.165, 1.54) is 0 Å². The van der Waals surface area contributed by atoms with Crippen LogP contribution < -0.4 is 4.90 Å². The standard InChI is InChI=1S/C23H20BrN3O2/c24-18-7-5-17(6-8-18)22(28)20-3-1-2-4-21(20)23(29)27-15-13-26(14-16-27)19-9-11-25-12-10-19/h1-12H,13-16H2. The summed E-state index contributed by atoms with van der Waals surface area (Å²) in [5.41, 5.74) is 2.57. The Balaban J connectivity index is 1.51. The number of hydrogen-bond donors (Lipinski definition) is 0. The topological polar surface area (TPSA) is 53.5 Å². The van der Waals surface area contributed by atoms with Gasteiger partial charge in [-0.15, -0.1) is 0 Å². The zero-order valence-electron chi connectivity index (χ0n) is 15.8. The Morgan fingerprint density at radius 2 is 1.41 bits per heavy atom. The lowest BCUT2D eigenvalue weighted by Crippen LogP contribution is -2.49. The molecule has 0 radical (unpaired) electrons. The molecule has 0 N–H and O–H groups in total. The van der Waals surface area contributed by atoms with E-state index in [1.54, 1.807) is 48.8 Å². The third-order valence-corrected chi connectivity index (χ3v) is 5.63. The maximum atomic E-state index is 13.2. The van der Waals surface area contributed by atoms with Crippen LogP contribution in [0.2, 0.25) is 0 Å². The second-order valence-electron chi connectivity index (χ2n) is 6.87. The largest absolute Gasteiger partial charge is 0.368 e. The summed E-state index contributed by atoms with van der Waals surface area (Å²) in [6.07, 6.45) is 3.55. The summed E-state index contributed by atoms with van der Waals surface area (Å²) in [4.78, 5) is 34.3. The van der Waals surface area contributed by atoms with Crippen molar-refractivity contribution < 1.29 is 9.59 Å². The smallest absolute Gasteiger partial charge is 0.254 e. The van der Waals surface area contributed by atoms with Crippen LogP contribution >= 0.6 is 15.9 Å². The van der Waals surface area contributed by atoms with Gasteiger partial charge >= 0.3 is 0 Å². The minimum atomic E-state index is -0.142. The van der Waals surface area contributed by atoms with Gasteiger partial charge in [0.15, 0.2) is 5.78 Å².